The highest BCUT2D eigenvalue weighted by molar-refractivity contribution is 5.04. The zero-order valence-electron chi connectivity index (χ0n) is 5.34. The number of rotatable bonds is 0. The summed E-state index contributed by atoms with van der Waals surface area (Å²) in [5, 5.41) is 0. The van der Waals surface area contributed by atoms with Crippen molar-refractivity contribution in [2.75, 3.05) is 0 Å². The van der Waals surface area contributed by atoms with E-state index in [0.717, 1.165) is 6.42 Å². The summed E-state index contributed by atoms with van der Waals surface area (Å²) in [7, 11) is 0. The van der Waals surface area contributed by atoms with Crippen molar-refractivity contribution >= 4 is 0 Å². The Labute approximate surface area is 55.4 Å². The van der Waals surface area contributed by atoms with Gasteiger partial charge < -0.3 is 4.74 Å². The van der Waals surface area contributed by atoms with E-state index >= 15 is 0 Å². The van der Waals surface area contributed by atoms with Crippen molar-refractivity contribution in [3.8, 4) is 12.3 Å². The van der Waals surface area contributed by atoms with Gasteiger partial charge in [0.05, 0.1) is 12.2 Å². The second-order valence-electron chi connectivity index (χ2n) is 2.88. The highest BCUT2D eigenvalue weighted by Crippen LogP contribution is 2.37. The van der Waals surface area contributed by atoms with Crippen LogP contribution in [0.2, 0.25) is 0 Å². The van der Waals surface area contributed by atoms with Crippen molar-refractivity contribution in [2.45, 2.75) is 31.5 Å². The van der Waals surface area contributed by atoms with Gasteiger partial charge in [-0.15, -0.1) is 12.3 Å². The fourth-order valence-electron chi connectivity index (χ4n) is 1.81. The summed E-state index contributed by atoms with van der Waals surface area (Å²) in [4.78, 5) is 0. The van der Waals surface area contributed by atoms with Gasteiger partial charge in [-0.05, 0) is 19.3 Å². The second-order valence-corrected chi connectivity index (χ2v) is 2.88. The molecule has 2 heterocycles. The number of fused-ring (bicyclic) bond motifs is 2. The molecule has 0 aromatic heterocycles. The molecule has 2 aliphatic rings. The van der Waals surface area contributed by atoms with Gasteiger partial charge in [-0.25, -0.2) is 0 Å². The first-order valence-corrected chi connectivity index (χ1v) is 3.52. The van der Waals surface area contributed by atoms with Gasteiger partial charge in [0.15, 0.2) is 0 Å². The Morgan fingerprint density at radius 3 is 2.67 bits per heavy atom. The van der Waals surface area contributed by atoms with E-state index in [9.17, 15) is 0 Å². The Kier molecular flexibility index (Phi) is 1.03. The predicted molar refractivity (Wildman–Crippen MR) is 34.8 cm³/mol. The molecule has 2 saturated heterocycles. The fraction of sp³-hybridized carbons (Fsp3) is 0.750. The molecule has 0 aromatic carbocycles. The molecule has 0 aromatic rings. The lowest BCUT2D eigenvalue weighted by molar-refractivity contribution is 0.0988. The van der Waals surface area contributed by atoms with Crippen LogP contribution in [0.25, 0.3) is 0 Å². The molecule has 0 aliphatic carbocycles. The first-order valence-electron chi connectivity index (χ1n) is 3.52. The fourth-order valence-corrected chi connectivity index (χ4v) is 1.81. The highest BCUT2D eigenvalue weighted by Gasteiger charge is 2.39. The summed E-state index contributed by atoms with van der Waals surface area (Å²) in [5.74, 6) is 3.20. The topological polar surface area (TPSA) is 9.23 Å². The quantitative estimate of drug-likeness (QED) is 0.438. The van der Waals surface area contributed by atoms with E-state index in [1.807, 2.05) is 0 Å². The van der Waals surface area contributed by atoms with Crippen molar-refractivity contribution in [3.63, 3.8) is 0 Å². The van der Waals surface area contributed by atoms with Crippen LogP contribution in [0.5, 0.6) is 0 Å². The molecule has 3 atom stereocenters. The van der Waals surface area contributed by atoms with Crippen LogP contribution >= 0.6 is 0 Å². The monoisotopic (exact) mass is 122 g/mol. The van der Waals surface area contributed by atoms with Crippen LogP contribution in [0.3, 0.4) is 0 Å². The molecule has 2 fully saturated rings. The molecule has 0 unspecified atom stereocenters. The molecule has 1 nitrogen and oxygen atoms in total. The Morgan fingerprint density at radius 1 is 1.44 bits per heavy atom. The maximum absolute atomic E-state index is 5.53. The van der Waals surface area contributed by atoms with Gasteiger partial charge in [-0.3, -0.25) is 0 Å². The third-order valence-electron chi connectivity index (χ3n) is 2.32. The van der Waals surface area contributed by atoms with Crippen molar-refractivity contribution in [3.05, 3.63) is 0 Å². The maximum atomic E-state index is 5.53. The molecule has 2 bridgehead atoms. The van der Waals surface area contributed by atoms with Crippen LogP contribution in [0.4, 0.5) is 0 Å². The maximum Gasteiger partial charge on any atom is 0.0718 e. The minimum absolute atomic E-state index is 0.417. The zero-order valence-corrected chi connectivity index (χ0v) is 5.34. The van der Waals surface area contributed by atoms with Crippen LogP contribution in [-0.2, 0) is 4.74 Å². The van der Waals surface area contributed by atoms with E-state index in [4.69, 9.17) is 11.2 Å². The van der Waals surface area contributed by atoms with Gasteiger partial charge in [0.25, 0.3) is 0 Å². The van der Waals surface area contributed by atoms with E-state index in [1.165, 1.54) is 12.8 Å². The van der Waals surface area contributed by atoms with E-state index in [0.29, 0.717) is 18.1 Å². The summed E-state index contributed by atoms with van der Waals surface area (Å²) in [6.07, 6.45) is 9.76. The standard InChI is InChI=1S/C8H10O/c1-2-6-5-7-3-4-8(6)9-7/h1,6-8H,3-5H2/t6-,7-,8-/m1/s1. The molecule has 0 saturated carbocycles. The van der Waals surface area contributed by atoms with E-state index in [2.05, 4.69) is 5.92 Å². The average molecular weight is 122 g/mol. The molecular weight excluding hydrogens is 112 g/mol. The average Bonchev–Trinajstić information content (AvgIpc) is 2.45. The molecule has 48 valence electrons. The Balaban J connectivity index is 2.12. The van der Waals surface area contributed by atoms with Gasteiger partial charge in [0, 0.05) is 5.92 Å². The molecular formula is C8H10O. The summed E-state index contributed by atoms with van der Waals surface area (Å²) in [5.41, 5.74) is 0. The van der Waals surface area contributed by atoms with E-state index < -0.39 is 0 Å². The number of hydrogen-bond donors (Lipinski definition) is 0. The minimum atomic E-state index is 0.417. The van der Waals surface area contributed by atoms with Gasteiger partial charge in [-0.1, -0.05) is 0 Å². The lowest BCUT2D eigenvalue weighted by atomic mass is 9.90. The van der Waals surface area contributed by atoms with E-state index in [-0.39, 0.29) is 0 Å². The van der Waals surface area contributed by atoms with Crippen molar-refractivity contribution in [1.82, 2.24) is 0 Å². The largest absolute Gasteiger partial charge is 0.374 e. The molecule has 0 spiro atoms. The summed E-state index contributed by atoms with van der Waals surface area (Å²) < 4.78 is 5.53. The van der Waals surface area contributed by atoms with Gasteiger partial charge in [0.2, 0.25) is 0 Å². The number of terminal acetylenes is 1. The SMILES string of the molecule is C#C[C@@H]1C[C@H]2CC[C@H]1O2. The van der Waals surface area contributed by atoms with E-state index in [1.54, 1.807) is 0 Å². The van der Waals surface area contributed by atoms with Gasteiger partial charge in [-0.2, -0.15) is 0 Å². The van der Waals surface area contributed by atoms with Crippen LogP contribution in [0.1, 0.15) is 19.3 Å². The lowest BCUT2D eigenvalue weighted by Gasteiger charge is -2.10. The molecule has 0 amide bonds. The molecule has 0 N–H and O–H groups in total. The first kappa shape index (κ1) is 5.32. The Morgan fingerprint density at radius 2 is 2.33 bits per heavy atom. The highest BCUT2D eigenvalue weighted by atomic mass is 16.5. The van der Waals surface area contributed by atoms with Crippen LogP contribution in [-0.4, -0.2) is 12.2 Å². The van der Waals surface area contributed by atoms with Crippen LogP contribution in [0.15, 0.2) is 0 Å². The minimum Gasteiger partial charge on any atom is -0.374 e. The third kappa shape index (κ3) is 0.668. The molecule has 9 heavy (non-hydrogen) atoms. The van der Waals surface area contributed by atoms with Crippen molar-refractivity contribution in [1.29, 1.82) is 0 Å². The molecule has 2 aliphatic heterocycles. The van der Waals surface area contributed by atoms with Gasteiger partial charge in [0.1, 0.15) is 0 Å². The third-order valence-corrected chi connectivity index (χ3v) is 2.32. The predicted octanol–water partition coefficient (Wildman–Crippen LogP) is 1.19. The molecule has 0 radical (unpaired) electrons. The smallest absolute Gasteiger partial charge is 0.0718 e. The summed E-state index contributed by atoms with van der Waals surface area (Å²) >= 11 is 0. The van der Waals surface area contributed by atoms with Crippen molar-refractivity contribution < 1.29 is 4.74 Å². The number of hydrogen-bond acceptors (Lipinski definition) is 1. The van der Waals surface area contributed by atoms with Gasteiger partial charge >= 0.3 is 0 Å². The Bertz CT molecular complexity index is 156. The number of ether oxygens (including phenoxy) is 1. The summed E-state index contributed by atoms with van der Waals surface area (Å²) in [6.45, 7) is 0. The lowest BCUT2D eigenvalue weighted by Crippen LogP contribution is -2.13. The molecule has 2 rings (SSSR count). The van der Waals surface area contributed by atoms with Crippen molar-refractivity contribution in [2.24, 2.45) is 5.92 Å². The first-order chi connectivity index (χ1) is 4.40. The summed E-state index contributed by atoms with van der Waals surface area (Å²) in [6, 6.07) is 0. The Hall–Kier alpha value is -0.480. The van der Waals surface area contributed by atoms with Crippen LogP contribution in [0, 0.1) is 18.3 Å². The zero-order chi connectivity index (χ0) is 6.27. The van der Waals surface area contributed by atoms with Crippen LogP contribution < -0.4 is 0 Å². The normalized spacial score (nSPS) is 47.2. The molecule has 1 heteroatoms. The second kappa shape index (κ2) is 1.75.